The first kappa shape index (κ1) is 29.1. The van der Waals surface area contributed by atoms with Crippen molar-refractivity contribution in [2.24, 2.45) is 0 Å². The number of ether oxygens (including phenoxy) is 2. The van der Waals surface area contributed by atoms with Crippen LogP contribution < -0.4 is 9.47 Å². The Morgan fingerprint density at radius 3 is 2.36 bits per heavy atom. The molecule has 3 heterocycles. The molecule has 0 spiro atoms. The van der Waals surface area contributed by atoms with E-state index >= 15 is 0 Å². The highest BCUT2D eigenvalue weighted by molar-refractivity contribution is 7.16. The minimum Gasteiger partial charge on any atom is -0.490 e. The molecule has 1 aliphatic carbocycles. The molecule has 9 nitrogen and oxygen atoms in total. The first-order valence-electron chi connectivity index (χ1n) is 14.7. The fraction of sp³-hybridized carbons (Fsp3) is 0.235. The first-order valence-corrected chi connectivity index (χ1v) is 15.9. The number of aromatic carboxylic acids is 1. The highest BCUT2D eigenvalue weighted by atomic mass is 35.5. The van der Waals surface area contributed by atoms with Crippen molar-refractivity contribution in [3.8, 4) is 16.5 Å². The van der Waals surface area contributed by atoms with Gasteiger partial charge in [0.1, 0.15) is 28.9 Å². The predicted molar refractivity (Wildman–Crippen MR) is 170 cm³/mol. The van der Waals surface area contributed by atoms with Crippen molar-refractivity contribution in [3.63, 3.8) is 0 Å². The Kier molecular flexibility index (Phi) is 7.55. The van der Waals surface area contributed by atoms with Crippen molar-refractivity contribution >= 4 is 51.8 Å². The van der Waals surface area contributed by atoms with Crippen LogP contribution in [-0.2, 0) is 0 Å². The van der Waals surface area contributed by atoms with E-state index in [2.05, 4.69) is 4.98 Å². The quantitative estimate of drug-likeness (QED) is 0.174. The van der Waals surface area contributed by atoms with Gasteiger partial charge in [-0.05, 0) is 62.9 Å². The lowest BCUT2D eigenvalue weighted by Crippen LogP contribution is -2.43. The average Bonchev–Trinajstić information content (AvgIpc) is 3.72. The summed E-state index contributed by atoms with van der Waals surface area (Å²) in [4.78, 5) is 44.0. The lowest BCUT2D eigenvalue weighted by molar-refractivity contribution is 0.0478. The molecule has 1 atom stereocenters. The molecular weight excluding hydrogens is 614 g/mol. The molecule has 0 unspecified atom stereocenters. The van der Waals surface area contributed by atoms with E-state index in [-0.39, 0.29) is 34.6 Å². The maximum absolute atomic E-state index is 12.9. The van der Waals surface area contributed by atoms with Crippen molar-refractivity contribution in [3.05, 3.63) is 106 Å². The second-order valence-corrected chi connectivity index (χ2v) is 12.6. The van der Waals surface area contributed by atoms with E-state index in [0.717, 1.165) is 27.9 Å². The molecule has 1 aliphatic heterocycles. The molecule has 1 saturated carbocycles. The number of halogens is 1. The van der Waals surface area contributed by atoms with Crippen molar-refractivity contribution in [1.29, 1.82) is 0 Å². The van der Waals surface area contributed by atoms with E-state index in [1.807, 2.05) is 47.9 Å². The van der Waals surface area contributed by atoms with Gasteiger partial charge in [0, 0.05) is 28.8 Å². The topological polar surface area (TPSA) is 111 Å². The van der Waals surface area contributed by atoms with Crippen LogP contribution in [0.3, 0.4) is 0 Å². The van der Waals surface area contributed by atoms with Crippen molar-refractivity contribution in [2.45, 2.75) is 50.9 Å². The summed E-state index contributed by atoms with van der Waals surface area (Å²) < 4.78 is 14.3. The predicted octanol–water partition coefficient (Wildman–Crippen LogP) is 7.56. The Labute approximate surface area is 267 Å². The standard InChI is InChI=1S/C34H28ClN3O6S/c1-19(23-6-4-5-9-26(23)35)43-29-17-30(45-31(29)34(41)42)37-18-36-27-15-14-22(16-28(27)37)44-21-12-10-20(11-13-21)38-32(39)24-7-2-3-8-25(24)33(38)40/h2-9,14-21H,10-13H2,1H3,(H,41,42)/t19-,20?,21?/m1/s1. The zero-order valence-corrected chi connectivity index (χ0v) is 25.8. The summed E-state index contributed by atoms with van der Waals surface area (Å²) in [6.45, 7) is 1.83. The van der Waals surface area contributed by atoms with Crippen molar-refractivity contribution in [2.75, 3.05) is 0 Å². The van der Waals surface area contributed by atoms with E-state index < -0.39 is 12.1 Å². The Bertz CT molecular complexity index is 1930. The summed E-state index contributed by atoms with van der Waals surface area (Å²) in [5.74, 6) is -0.612. The number of carboxylic acids is 1. The lowest BCUT2D eigenvalue weighted by atomic mass is 9.91. The summed E-state index contributed by atoms with van der Waals surface area (Å²) in [5.41, 5.74) is 3.20. The van der Waals surface area contributed by atoms with Gasteiger partial charge in [0.15, 0.2) is 4.88 Å². The van der Waals surface area contributed by atoms with Crippen molar-refractivity contribution < 1.29 is 29.0 Å². The summed E-state index contributed by atoms with van der Waals surface area (Å²) in [6.07, 6.45) is 3.85. The number of aromatic nitrogens is 2. The molecule has 0 radical (unpaired) electrons. The average molecular weight is 642 g/mol. The number of amides is 2. The van der Waals surface area contributed by atoms with Crippen LogP contribution in [0, 0.1) is 0 Å². The molecule has 5 aromatic rings. The van der Waals surface area contributed by atoms with Gasteiger partial charge >= 0.3 is 5.97 Å². The SMILES string of the molecule is C[C@@H](Oc1cc(-n2cnc3ccc(OC4CCC(N5C(=O)c6ccccc6C5=O)CC4)cc32)sc1C(=O)O)c1ccccc1Cl. The summed E-state index contributed by atoms with van der Waals surface area (Å²) >= 11 is 7.44. The second-order valence-electron chi connectivity index (χ2n) is 11.2. The van der Waals surface area contributed by atoms with E-state index in [1.54, 1.807) is 42.7 Å². The van der Waals surface area contributed by atoms with Gasteiger partial charge in [-0.25, -0.2) is 9.78 Å². The first-order chi connectivity index (χ1) is 21.8. The zero-order chi connectivity index (χ0) is 31.2. The second kappa shape index (κ2) is 11.7. The number of hydrogen-bond acceptors (Lipinski definition) is 7. The van der Waals surface area contributed by atoms with Gasteiger partial charge in [0.25, 0.3) is 11.8 Å². The summed E-state index contributed by atoms with van der Waals surface area (Å²) in [7, 11) is 0. The third-order valence-corrected chi connectivity index (χ3v) is 9.87. The van der Waals surface area contributed by atoms with Crippen LogP contribution in [0.5, 0.6) is 11.5 Å². The number of imidazole rings is 1. The van der Waals surface area contributed by atoms with Gasteiger partial charge in [-0.2, -0.15) is 0 Å². The van der Waals surface area contributed by atoms with Gasteiger partial charge in [0.2, 0.25) is 0 Å². The van der Waals surface area contributed by atoms with Crippen LogP contribution in [0.4, 0.5) is 0 Å². The van der Waals surface area contributed by atoms with Crippen LogP contribution in [0.15, 0.2) is 79.1 Å². The third kappa shape index (κ3) is 5.34. The zero-order valence-electron chi connectivity index (χ0n) is 24.2. The van der Waals surface area contributed by atoms with Crippen LogP contribution in [0.1, 0.15) is 74.7 Å². The van der Waals surface area contributed by atoms with Gasteiger partial charge in [-0.3, -0.25) is 19.1 Å². The number of carboxylic acid groups (broad SMARTS) is 1. The summed E-state index contributed by atoms with van der Waals surface area (Å²) in [6, 6.07) is 21.5. The molecule has 2 aliphatic rings. The number of carbonyl (C=O) groups excluding carboxylic acids is 2. The Hall–Kier alpha value is -4.67. The highest BCUT2D eigenvalue weighted by Crippen LogP contribution is 2.38. The van der Waals surface area contributed by atoms with Crippen molar-refractivity contribution in [1.82, 2.24) is 14.5 Å². The Morgan fingerprint density at radius 2 is 1.67 bits per heavy atom. The Balaban J connectivity index is 1.07. The minimum atomic E-state index is -1.09. The lowest BCUT2D eigenvalue weighted by Gasteiger charge is -2.33. The van der Waals surface area contributed by atoms with Gasteiger partial charge < -0.3 is 14.6 Å². The normalized spacial score (nSPS) is 18.7. The Morgan fingerprint density at radius 1 is 0.978 bits per heavy atom. The van der Waals surface area contributed by atoms with Gasteiger partial charge in [-0.15, -0.1) is 11.3 Å². The van der Waals surface area contributed by atoms with Crippen LogP contribution in [-0.4, -0.2) is 49.5 Å². The maximum atomic E-state index is 12.9. The number of hydrogen-bond donors (Lipinski definition) is 1. The van der Waals surface area contributed by atoms with E-state index in [1.165, 1.54) is 4.90 Å². The fourth-order valence-corrected chi connectivity index (χ4v) is 7.37. The summed E-state index contributed by atoms with van der Waals surface area (Å²) in [5, 5.41) is 11.1. The van der Waals surface area contributed by atoms with Crippen LogP contribution in [0.25, 0.3) is 16.0 Å². The number of fused-ring (bicyclic) bond motifs is 2. The number of rotatable bonds is 8. The number of thiophene rings is 1. The molecule has 228 valence electrons. The van der Waals surface area contributed by atoms with E-state index in [9.17, 15) is 19.5 Å². The highest BCUT2D eigenvalue weighted by Gasteiger charge is 2.41. The molecule has 1 N–H and O–H groups in total. The molecule has 0 saturated heterocycles. The number of nitrogens with zero attached hydrogens (tertiary/aromatic N) is 3. The van der Waals surface area contributed by atoms with Crippen LogP contribution >= 0.6 is 22.9 Å². The smallest absolute Gasteiger partial charge is 0.349 e. The monoisotopic (exact) mass is 641 g/mol. The van der Waals surface area contributed by atoms with Gasteiger partial charge in [-0.1, -0.05) is 41.9 Å². The van der Waals surface area contributed by atoms with E-state index in [0.29, 0.717) is 52.6 Å². The number of benzene rings is 3. The number of imide groups is 1. The number of carbonyl (C=O) groups is 3. The molecule has 7 rings (SSSR count). The molecular formula is C34H28ClN3O6S. The third-order valence-electron chi connectivity index (χ3n) is 8.42. The molecule has 0 bridgehead atoms. The minimum absolute atomic E-state index is 0.0723. The molecule has 1 fully saturated rings. The molecule has 45 heavy (non-hydrogen) atoms. The maximum Gasteiger partial charge on any atom is 0.349 e. The molecule has 2 aromatic heterocycles. The fourth-order valence-electron chi connectivity index (χ4n) is 6.17. The largest absolute Gasteiger partial charge is 0.490 e. The molecule has 2 amide bonds. The van der Waals surface area contributed by atoms with Crippen LogP contribution in [0.2, 0.25) is 5.02 Å². The van der Waals surface area contributed by atoms with Gasteiger partial charge in [0.05, 0.1) is 28.3 Å². The molecule has 3 aromatic carbocycles. The molecule has 11 heteroatoms. The van der Waals surface area contributed by atoms with E-state index in [4.69, 9.17) is 21.1 Å².